The lowest BCUT2D eigenvalue weighted by molar-refractivity contribution is 0.242. The molecule has 1 aromatic heterocycles. The second kappa shape index (κ2) is 5.84. The van der Waals surface area contributed by atoms with Crippen LogP contribution >= 0.6 is 0 Å². The number of rotatable bonds is 5. The average molecular weight is 262 g/mol. The largest absolute Gasteiger partial charge is 0.382 e. The molecule has 0 aliphatic heterocycles. The summed E-state index contributed by atoms with van der Waals surface area (Å²) in [6.07, 6.45) is 1.84. The van der Waals surface area contributed by atoms with E-state index in [1.807, 2.05) is 32.3 Å². The molecular weight excluding hydrogens is 243 g/mol. The second-order valence-corrected chi connectivity index (χ2v) is 4.68. The smallest absolute Gasteiger partial charge is 0.145 e. The maximum atomic E-state index is 13.7. The van der Waals surface area contributed by atoms with Gasteiger partial charge >= 0.3 is 0 Å². The molecule has 19 heavy (non-hydrogen) atoms. The third-order valence-corrected chi connectivity index (χ3v) is 3.36. The highest BCUT2D eigenvalue weighted by atomic mass is 19.1. The molecule has 0 saturated heterocycles. The van der Waals surface area contributed by atoms with E-state index in [0.29, 0.717) is 11.4 Å². The number of hydrogen-bond acceptors (Lipinski definition) is 3. The Balaban J connectivity index is 1.96. The highest BCUT2D eigenvalue weighted by Gasteiger charge is 2.14. The number of nitrogens with zero attached hydrogens (tertiary/aromatic N) is 3. The van der Waals surface area contributed by atoms with Gasteiger partial charge in [0.1, 0.15) is 11.6 Å². The topological polar surface area (TPSA) is 47.1 Å². The molecule has 102 valence electrons. The lowest BCUT2D eigenvalue weighted by atomic mass is 10.1. The van der Waals surface area contributed by atoms with Crippen LogP contribution in [0.1, 0.15) is 18.5 Å². The number of nitrogen functional groups attached to an aromatic ring is 1. The van der Waals surface area contributed by atoms with Crippen LogP contribution in [-0.2, 0) is 6.54 Å². The zero-order chi connectivity index (χ0) is 13.8. The maximum absolute atomic E-state index is 13.7. The van der Waals surface area contributed by atoms with E-state index in [9.17, 15) is 4.39 Å². The minimum atomic E-state index is -0.162. The molecule has 5 heteroatoms. The number of likely N-dealkylation sites (N-methyl/N-ethyl adjacent to an activating group) is 1. The third-order valence-electron chi connectivity index (χ3n) is 3.36. The van der Waals surface area contributed by atoms with Crippen molar-refractivity contribution in [3.63, 3.8) is 0 Å². The Labute approximate surface area is 112 Å². The standard InChI is InChI=1S/C14H19FN4/c1-11(12-5-3-4-6-13(12)15)18(2)9-10-19-8-7-14(16)17-19/h3-8,11H,9-10H2,1-2H3,(H2,16,17). The Morgan fingerprint density at radius 3 is 2.74 bits per heavy atom. The van der Waals surface area contributed by atoms with E-state index >= 15 is 0 Å². The van der Waals surface area contributed by atoms with Crippen LogP contribution in [0.3, 0.4) is 0 Å². The summed E-state index contributed by atoms with van der Waals surface area (Å²) < 4.78 is 15.5. The molecule has 1 atom stereocenters. The van der Waals surface area contributed by atoms with Crippen molar-refractivity contribution in [1.82, 2.24) is 14.7 Å². The number of benzene rings is 1. The molecule has 4 nitrogen and oxygen atoms in total. The predicted octanol–water partition coefficient (Wildman–Crippen LogP) is 2.30. The van der Waals surface area contributed by atoms with Crippen molar-refractivity contribution in [2.75, 3.05) is 19.3 Å². The van der Waals surface area contributed by atoms with Crippen molar-refractivity contribution in [2.24, 2.45) is 0 Å². The van der Waals surface area contributed by atoms with Crippen LogP contribution in [0, 0.1) is 5.82 Å². The van der Waals surface area contributed by atoms with E-state index in [1.54, 1.807) is 16.8 Å². The number of anilines is 1. The van der Waals surface area contributed by atoms with Crippen molar-refractivity contribution in [3.05, 3.63) is 47.9 Å². The summed E-state index contributed by atoms with van der Waals surface area (Å²) in [5.41, 5.74) is 6.27. The van der Waals surface area contributed by atoms with Gasteiger partial charge in [0.15, 0.2) is 0 Å². The fourth-order valence-electron chi connectivity index (χ4n) is 2.01. The molecule has 0 amide bonds. The van der Waals surface area contributed by atoms with Gasteiger partial charge in [-0.05, 0) is 26.1 Å². The van der Waals surface area contributed by atoms with Crippen LogP contribution in [0.2, 0.25) is 0 Å². The lowest BCUT2D eigenvalue weighted by Crippen LogP contribution is -2.27. The first-order chi connectivity index (χ1) is 9.08. The average Bonchev–Trinajstić information content (AvgIpc) is 2.81. The minimum Gasteiger partial charge on any atom is -0.382 e. The van der Waals surface area contributed by atoms with Crippen molar-refractivity contribution in [2.45, 2.75) is 19.5 Å². The molecule has 2 aromatic rings. The minimum absolute atomic E-state index is 0.0223. The summed E-state index contributed by atoms with van der Waals surface area (Å²) in [7, 11) is 1.98. The summed E-state index contributed by atoms with van der Waals surface area (Å²) in [5.74, 6) is 0.356. The number of hydrogen-bond donors (Lipinski definition) is 1. The van der Waals surface area contributed by atoms with E-state index in [4.69, 9.17) is 5.73 Å². The molecule has 0 bridgehead atoms. The fourth-order valence-corrected chi connectivity index (χ4v) is 2.01. The molecule has 0 aliphatic carbocycles. The first-order valence-corrected chi connectivity index (χ1v) is 6.31. The normalized spacial score (nSPS) is 12.8. The Morgan fingerprint density at radius 2 is 2.11 bits per heavy atom. The van der Waals surface area contributed by atoms with Gasteiger partial charge in [0.2, 0.25) is 0 Å². The molecule has 1 aromatic carbocycles. The van der Waals surface area contributed by atoms with Crippen LogP contribution in [0.15, 0.2) is 36.5 Å². The number of nitrogens with two attached hydrogens (primary N) is 1. The number of halogens is 1. The Bertz CT molecular complexity index is 538. The monoisotopic (exact) mass is 262 g/mol. The van der Waals surface area contributed by atoms with Gasteiger partial charge in [0, 0.05) is 24.3 Å². The molecule has 1 unspecified atom stereocenters. The quantitative estimate of drug-likeness (QED) is 0.899. The van der Waals surface area contributed by atoms with Crippen LogP contribution < -0.4 is 5.73 Å². The fraction of sp³-hybridized carbons (Fsp3) is 0.357. The number of aromatic nitrogens is 2. The molecule has 0 aliphatic rings. The summed E-state index contributed by atoms with van der Waals surface area (Å²) in [6, 6.07) is 8.67. The second-order valence-electron chi connectivity index (χ2n) is 4.68. The SMILES string of the molecule is CC(c1ccccc1F)N(C)CCn1ccc(N)n1. The van der Waals surface area contributed by atoms with E-state index in [-0.39, 0.29) is 11.9 Å². The molecule has 0 saturated carbocycles. The van der Waals surface area contributed by atoms with Gasteiger partial charge in [-0.3, -0.25) is 9.58 Å². The van der Waals surface area contributed by atoms with Crippen molar-refractivity contribution in [3.8, 4) is 0 Å². The lowest BCUT2D eigenvalue weighted by Gasteiger charge is -2.25. The van der Waals surface area contributed by atoms with Crippen LogP contribution in [0.5, 0.6) is 0 Å². The summed E-state index contributed by atoms with van der Waals surface area (Å²) in [5, 5.41) is 4.13. The van der Waals surface area contributed by atoms with Gasteiger partial charge in [0.25, 0.3) is 0 Å². The molecular formula is C14H19FN4. The molecule has 0 spiro atoms. The van der Waals surface area contributed by atoms with E-state index in [1.165, 1.54) is 6.07 Å². The summed E-state index contributed by atoms with van der Waals surface area (Å²) in [4.78, 5) is 2.09. The zero-order valence-electron chi connectivity index (χ0n) is 11.3. The van der Waals surface area contributed by atoms with Crippen molar-refractivity contribution >= 4 is 5.82 Å². The van der Waals surface area contributed by atoms with Gasteiger partial charge < -0.3 is 5.73 Å². The summed E-state index contributed by atoms with van der Waals surface area (Å²) >= 11 is 0. The van der Waals surface area contributed by atoms with Gasteiger partial charge in [0.05, 0.1) is 6.54 Å². The first kappa shape index (κ1) is 13.5. The highest BCUT2D eigenvalue weighted by Crippen LogP contribution is 2.21. The van der Waals surface area contributed by atoms with Crippen molar-refractivity contribution in [1.29, 1.82) is 0 Å². The molecule has 1 heterocycles. The molecule has 0 radical (unpaired) electrons. The molecule has 2 rings (SSSR count). The van der Waals surface area contributed by atoms with Gasteiger partial charge in [-0.1, -0.05) is 18.2 Å². The summed E-state index contributed by atoms with van der Waals surface area (Å²) in [6.45, 7) is 3.50. The molecule has 2 N–H and O–H groups in total. The van der Waals surface area contributed by atoms with Gasteiger partial charge in [-0.15, -0.1) is 0 Å². The van der Waals surface area contributed by atoms with E-state index in [0.717, 1.165) is 13.1 Å². The van der Waals surface area contributed by atoms with Gasteiger partial charge in [-0.2, -0.15) is 5.10 Å². The molecule has 0 fully saturated rings. The van der Waals surface area contributed by atoms with Gasteiger partial charge in [-0.25, -0.2) is 4.39 Å². The Hall–Kier alpha value is -1.88. The Morgan fingerprint density at radius 1 is 1.37 bits per heavy atom. The van der Waals surface area contributed by atoms with Crippen LogP contribution in [0.25, 0.3) is 0 Å². The van der Waals surface area contributed by atoms with Crippen molar-refractivity contribution < 1.29 is 4.39 Å². The predicted molar refractivity (Wildman–Crippen MR) is 74.1 cm³/mol. The Kier molecular flexibility index (Phi) is 4.16. The zero-order valence-corrected chi connectivity index (χ0v) is 11.3. The third kappa shape index (κ3) is 3.32. The van der Waals surface area contributed by atoms with Crippen LogP contribution in [-0.4, -0.2) is 28.3 Å². The van der Waals surface area contributed by atoms with E-state index in [2.05, 4.69) is 10.00 Å². The maximum Gasteiger partial charge on any atom is 0.145 e. The van der Waals surface area contributed by atoms with E-state index < -0.39 is 0 Å². The van der Waals surface area contributed by atoms with Crippen LogP contribution in [0.4, 0.5) is 10.2 Å². The first-order valence-electron chi connectivity index (χ1n) is 6.31. The highest BCUT2D eigenvalue weighted by molar-refractivity contribution is 5.23.